The van der Waals surface area contributed by atoms with Gasteiger partial charge in [-0.2, -0.15) is 0 Å². The third-order valence-electron chi connectivity index (χ3n) is 4.24. The molecule has 0 atom stereocenters. The molecule has 5 heteroatoms. The first-order chi connectivity index (χ1) is 12.1. The summed E-state index contributed by atoms with van der Waals surface area (Å²) in [6, 6.07) is 14.5. The van der Waals surface area contributed by atoms with E-state index in [1.54, 1.807) is 12.3 Å². The van der Waals surface area contributed by atoms with Crippen LogP contribution in [0.3, 0.4) is 0 Å². The van der Waals surface area contributed by atoms with Gasteiger partial charge in [0.15, 0.2) is 0 Å². The highest BCUT2D eigenvalue weighted by Crippen LogP contribution is 2.35. The molecule has 4 rings (SSSR count). The van der Waals surface area contributed by atoms with Crippen LogP contribution in [0.5, 0.6) is 0 Å². The highest BCUT2D eigenvalue weighted by Gasteiger charge is 2.15. The summed E-state index contributed by atoms with van der Waals surface area (Å²) in [7, 11) is 0. The smallest absolute Gasteiger partial charge is 0.134 e. The van der Waals surface area contributed by atoms with Gasteiger partial charge in [0.2, 0.25) is 0 Å². The van der Waals surface area contributed by atoms with E-state index in [4.69, 9.17) is 5.73 Å². The Bertz CT molecular complexity index is 1070. The van der Waals surface area contributed by atoms with Gasteiger partial charge in [-0.05, 0) is 42.3 Å². The molecular weight excluding hydrogens is 315 g/mol. The number of hydrogen-bond donors (Lipinski definition) is 1. The van der Waals surface area contributed by atoms with Crippen LogP contribution in [0.1, 0.15) is 5.56 Å². The maximum absolute atomic E-state index is 14.5. The number of halogens is 1. The van der Waals surface area contributed by atoms with Crippen molar-refractivity contribution in [2.75, 3.05) is 5.73 Å². The van der Waals surface area contributed by atoms with Crippen LogP contribution in [0.2, 0.25) is 0 Å². The number of benzene rings is 2. The summed E-state index contributed by atoms with van der Waals surface area (Å²) in [5.41, 5.74) is 10.4. The zero-order valence-corrected chi connectivity index (χ0v) is 13.6. The number of nitrogens with two attached hydrogens (primary N) is 1. The minimum absolute atomic E-state index is 0.288. The number of aromatic nitrogens is 3. The van der Waals surface area contributed by atoms with Crippen molar-refractivity contribution in [1.29, 1.82) is 0 Å². The number of aryl methyl sites for hydroxylation is 1. The SMILES string of the molecule is Cc1cccc(F)c1-c1ncccc1-c1ccc2ncnc(N)c2c1. The van der Waals surface area contributed by atoms with Crippen LogP contribution < -0.4 is 5.73 Å². The lowest BCUT2D eigenvalue weighted by molar-refractivity contribution is 0.629. The molecular formula is C20H15FN4. The standard InChI is InChI=1S/C20H15FN4/c1-12-4-2-6-16(21)18(12)19-14(5-3-9-23-19)13-7-8-17-15(10-13)20(22)25-11-24-17/h2-11H,1H3,(H2,22,24,25). The van der Waals surface area contributed by atoms with Crippen molar-refractivity contribution >= 4 is 16.7 Å². The molecule has 0 aliphatic rings. The Balaban J connectivity index is 1.98. The normalized spacial score (nSPS) is 11.0. The number of nitrogen functional groups attached to an aromatic ring is 1. The van der Waals surface area contributed by atoms with Crippen molar-refractivity contribution < 1.29 is 4.39 Å². The highest BCUT2D eigenvalue weighted by atomic mass is 19.1. The summed E-state index contributed by atoms with van der Waals surface area (Å²) in [4.78, 5) is 12.7. The van der Waals surface area contributed by atoms with E-state index in [0.29, 0.717) is 17.1 Å². The Morgan fingerprint density at radius 2 is 1.84 bits per heavy atom. The molecule has 4 nitrogen and oxygen atoms in total. The van der Waals surface area contributed by atoms with Crippen LogP contribution in [-0.4, -0.2) is 15.0 Å². The molecule has 2 aromatic heterocycles. The molecule has 25 heavy (non-hydrogen) atoms. The Morgan fingerprint density at radius 3 is 2.68 bits per heavy atom. The van der Waals surface area contributed by atoms with Crippen LogP contribution in [0.25, 0.3) is 33.3 Å². The number of anilines is 1. The minimum Gasteiger partial charge on any atom is -0.383 e. The molecule has 0 radical (unpaired) electrons. The van der Waals surface area contributed by atoms with Crippen molar-refractivity contribution in [3.05, 3.63) is 72.4 Å². The maximum atomic E-state index is 14.5. The molecule has 2 heterocycles. The number of hydrogen-bond acceptors (Lipinski definition) is 4. The van der Waals surface area contributed by atoms with Gasteiger partial charge in [0.1, 0.15) is 18.0 Å². The van der Waals surface area contributed by atoms with Crippen molar-refractivity contribution in [1.82, 2.24) is 15.0 Å². The third kappa shape index (κ3) is 2.59. The molecule has 0 aliphatic heterocycles. The van der Waals surface area contributed by atoms with E-state index >= 15 is 0 Å². The van der Waals surface area contributed by atoms with E-state index in [0.717, 1.165) is 27.6 Å². The first-order valence-electron chi connectivity index (χ1n) is 7.86. The zero-order chi connectivity index (χ0) is 17.4. The third-order valence-corrected chi connectivity index (χ3v) is 4.24. The molecule has 4 aromatic rings. The summed E-state index contributed by atoms with van der Waals surface area (Å²) in [5.74, 6) is 0.128. The Labute approximate surface area is 144 Å². The Hall–Kier alpha value is -3.34. The second kappa shape index (κ2) is 5.94. The lowest BCUT2D eigenvalue weighted by Gasteiger charge is -2.13. The van der Waals surface area contributed by atoms with Crippen molar-refractivity contribution in [3.8, 4) is 22.4 Å². The molecule has 0 saturated heterocycles. The molecule has 0 fully saturated rings. The Morgan fingerprint density at radius 1 is 0.960 bits per heavy atom. The van der Waals surface area contributed by atoms with Gasteiger partial charge >= 0.3 is 0 Å². The van der Waals surface area contributed by atoms with E-state index in [2.05, 4.69) is 15.0 Å². The topological polar surface area (TPSA) is 64.7 Å². The average Bonchev–Trinajstić information content (AvgIpc) is 2.62. The fourth-order valence-electron chi connectivity index (χ4n) is 3.01. The summed E-state index contributed by atoms with van der Waals surface area (Å²) < 4.78 is 14.5. The second-order valence-electron chi connectivity index (χ2n) is 5.82. The van der Waals surface area contributed by atoms with Crippen molar-refractivity contribution in [2.24, 2.45) is 0 Å². The Kier molecular flexibility index (Phi) is 3.61. The van der Waals surface area contributed by atoms with E-state index in [9.17, 15) is 4.39 Å². The highest BCUT2D eigenvalue weighted by molar-refractivity contribution is 5.93. The van der Waals surface area contributed by atoms with Gasteiger partial charge in [0, 0.05) is 22.7 Å². The fraction of sp³-hybridized carbons (Fsp3) is 0.0500. The van der Waals surface area contributed by atoms with Crippen LogP contribution in [0, 0.1) is 12.7 Å². The van der Waals surface area contributed by atoms with E-state index in [1.807, 2.05) is 43.3 Å². The average molecular weight is 330 g/mol. The van der Waals surface area contributed by atoms with Gasteiger partial charge in [0.05, 0.1) is 11.2 Å². The van der Waals surface area contributed by atoms with Gasteiger partial charge in [-0.3, -0.25) is 4.98 Å². The molecule has 0 bridgehead atoms. The van der Waals surface area contributed by atoms with Gasteiger partial charge in [-0.1, -0.05) is 24.3 Å². The predicted octanol–water partition coefficient (Wildman–Crippen LogP) is 4.39. The minimum atomic E-state index is -0.288. The summed E-state index contributed by atoms with van der Waals surface area (Å²) in [6.45, 7) is 1.88. The van der Waals surface area contributed by atoms with Crippen LogP contribution in [-0.2, 0) is 0 Å². The molecule has 0 aliphatic carbocycles. The monoisotopic (exact) mass is 330 g/mol. The molecule has 0 unspecified atom stereocenters. The lowest BCUT2D eigenvalue weighted by atomic mass is 9.95. The number of rotatable bonds is 2. The number of nitrogens with zero attached hydrogens (tertiary/aromatic N) is 3. The van der Waals surface area contributed by atoms with Gasteiger partial charge in [0.25, 0.3) is 0 Å². The molecule has 2 aromatic carbocycles. The first-order valence-corrected chi connectivity index (χ1v) is 7.86. The molecule has 0 saturated carbocycles. The van der Waals surface area contributed by atoms with Crippen LogP contribution in [0.15, 0.2) is 61.1 Å². The summed E-state index contributed by atoms with van der Waals surface area (Å²) in [5, 5.41) is 0.764. The quantitative estimate of drug-likeness (QED) is 0.592. The van der Waals surface area contributed by atoms with E-state index < -0.39 is 0 Å². The van der Waals surface area contributed by atoms with Crippen molar-refractivity contribution in [3.63, 3.8) is 0 Å². The second-order valence-corrected chi connectivity index (χ2v) is 5.82. The van der Waals surface area contributed by atoms with E-state index in [1.165, 1.54) is 12.4 Å². The van der Waals surface area contributed by atoms with Gasteiger partial charge < -0.3 is 5.73 Å². The first kappa shape index (κ1) is 15.2. The molecule has 122 valence electrons. The summed E-state index contributed by atoms with van der Waals surface area (Å²) >= 11 is 0. The zero-order valence-electron chi connectivity index (χ0n) is 13.6. The van der Waals surface area contributed by atoms with Gasteiger partial charge in [-0.15, -0.1) is 0 Å². The molecule has 2 N–H and O–H groups in total. The van der Waals surface area contributed by atoms with Crippen LogP contribution in [0.4, 0.5) is 10.2 Å². The van der Waals surface area contributed by atoms with Gasteiger partial charge in [-0.25, -0.2) is 14.4 Å². The van der Waals surface area contributed by atoms with E-state index in [-0.39, 0.29) is 5.82 Å². The maximum Gasteiger partial charge on any atom is 0.134 e. The summed E-state index contributed by atoms with van der Waals surface area (Å²) in [6.07, 6.45) is 3.11. The van der Waals surface area contributed by atoms with Crippen molar-refractivity contribution in [2.45, 2.75) is 6.92 Å². The number of fused-ring (bicyclic) bond motifs is 1. The lowest BCUT2D eigenvalue weighted by Crippen LogP contribution is -1.96. The largest absolute Gasteiger partial charge is 0.383 e. The number of pyridine rings is 1. The molecule has 0 spiro atoms. The molecule has 0 amide bonds. The van der Waals surface area contributed by atoms with Crippen LogP contribution >= 0.6 is 0 Å². The predicted molar refractivity (Wildman–Crippen MR) is 97.3 cm³/mol. The fourth-order valence-corrected chi connectivity index (χ4v) is 3.01.